The summed E-state index contributed by atoms with van der Waals surface area (Å²) in [6.07, 6.45) is 8.36. The van der Waals surface area contributed by atoms with Crippen LogP contribution in [0.4, 0.5) is 0 Å². The van der Waals surface area contributed by atoms with Crippen molar-refractivity contribution in [2.75, 3.05) is 0 Å². The lowest BCUT2D eigenvalue weighted by Gasteiger charge is -2.24. The van der Waals surface area contributed by atoms with Crippen molar-refractivity contribution < 1.29 is 0 Å². The molecule has 0 spiro atoms. The van der Waals surface area contributed by atoms with Gasteiger partial charge in [-0.15, -0.1) is 0 Å². The third-order valence-electron chi connectivity index (χ3n) is 4.26. The monoisotopic (exact) mass is 226 g/mol. The van der Waals surface area contributed by atoms with E-state index in [9.17, 15) is 0 Å². The van der Waals surface area contributed by atoms with Gasteiger partial charge in [-0.05, 0) is 36.5 Å². The lowest BCUT2D eigenvalue weighted by Crippen LogP contribution is -2.13. The Balaban J connectivity index is 3.79. The van der Waals surface area contributed by atoms with Crippen molar-refractivity contribution in [2.24, 2.45) is 23.7 Å². The molecule has 0 rings (SSSR count). The molecule has 0 saturated heterocycles. The molecule has 0 fully saturated rings. The Morgan fingerprint density at radius 3 is 1.88 bits per heavy atom. The van der Waals surface area contributed by atoms with E-state index < -0.39 is 0 Å². The van der Waals surface area contributed by atoms with Gasteiger partial charge < -0.3 is 0 Å². The maximum absolute atomic E-state index is 2.45. The molecule has 0 heterocycles. The Morgan fingerprint density at radius 2 is 1.38 bits per heavy atom. The van der Waals surface area contributed by atoms with Crippen LogP contribution in [0.25, 0.3) is 0 Å². The molecule has 4 atom stereocenters. The third kappa shape index (κ3) is 7.30. The minimum absolute atomic E-state index is 0.908. The van der Waals surface area contributed by atoms with Crippen LogP contribution < -0.4 is 0 Å². The van der Waals surface area contributed by atoms with Crippen LogP contribution in [0.2, 0.25) is 0 Å². The molecule has 0 radical (unpaired) electrons. The fourth-order valence-corrected chi connectivity index (χ4v) is 2.63. The summed E-state index contributed by atoms with van der Waals surface area (Å²) < 4.78 is 0. The minimum atomic E-state index is 0.908. The van der Waals surface area contributed by atoms with Crippen LogP contribution >= 0.6 is 0 Å². The molecule has 0 aliphatic rings. The maximum Gasteiger partial charge on any atom is -0.0414 e. The van der Waals surface area contributed by atoms with E-state index in [0.29, 0.717) is 0 Å². The molecule has 0 bridgehead atoms. The van der Waals surface area contributed by atoms with Gasteiger partial charge in [0.25, 0.3) is 0 Å². The SMILES string of the molecule is CCCCC(C)C(C)CC(C)CC(C)CC. The van der Waals surface area contributed by atoms with E-state index >= 15 is 0 Å². The zero-order chi connectivity index (χ0) is 12.6. The summed E-state index contributed by atoms with van der Waals surface area (Å²) >= 11 is 0. The van der Waals surface area contributed by atoms with Crippen LogP contribution in [0.15, 0.2) is 0 Å². The smallest absolute Gasteiger partial charge is 0.0414 e. The fraction of sp³-hybridized carbons (Fsp3) is 1.00. The molecule has 0 aromatic heterocycles. The first-order valence-corrected chi connectivity index (χ1v) is 7.51. The zero-order valence-electron chi connectivity index (χ0n) is 12.6. The van der Waals surface area contributed by atoms with Crippen molar-refractivity contribution in [1.29, 1.82) is 0 Å². The lowest BCUT2D eigenvalue weighted by molar-refractivity contribution is 0.269. The molecule has 0 aliphatic carbocycles. The summed E-state index contributed by atoms with van der Waals surface area (Å²) in [4.78, 5) is 0. The van der Waals surface area contributed by atoms with Crippen molar-refractivity contribution in [3.63, 3.8) is 0 Å². The van der Waals surface area contributed by atoms with Crippen molar-refractivity contribution in [2.45, 2.75) is 80.1 Å². The Kier molecular flexibility index (Phi) is 9.07. The molecular weight excluding hydrogens is 192 g/mol. The average Bonchev–Trinajstić information content (AvgIpc) is 2.25. The van der Waals surface area contributed by atoms with Crippen LogP contribution in [-0.4, -0.2) is 0 Å². The van der Waals surface area contributed by atoms with Gasteiger partial charge in [0.2, 0.25) is 0 Å². The number of unbranched alkanes of at least 4 members (excludes halogenated alkanes) is 1. The van der Waals surface area contributed by atoms with Gasteiger partial charge in [-0.25, -0.2) is 0 Å². The predicted molar refractivity (Wildman–Crippen MR) is 75.7 cm³/mol. The number of hydrogen-bond acceptors (Lipinski definition) is 0. The summed E-state index contributed by atoms with van der Waals surface area (Å²) in [6.45, 7) is 14.3. The minimum Gasteiger partial charge on any atom is -0.0654 e. The van der Waals surface area contributed by atoms with E-state index in [1.165, 1.54) is 38.5 Å². The van der Waals surface area contributed by atoms with E-state index in [4.69, 9.17) is 0 Å². The van der Waals surface area contributed by atoms with Crippen LogP contribution in [0.1, 0.15) is 80.1 Å². The molecule has 16 heavy (non-hydrogen) atoms. The van der Waals surface area contributed by atoms with Crippen molar-refractivity contribution in [3.05, 3.63) is 0 Å². The first-order chi connectivity index (χ1) is 7.51. The summed E-state index contributed by atoms with van der Waals surface area (Å²) in [5, 5.41) is 0. The van der Waals surface area contributed by atoms with Gasteiger partial charge in [0, 0.05) is 0 Å². The molecule has 0 aliphatic heterocycles. The lowest BCUT2D eigenvalue weighted by atomic mass is 9.82. The van der Waals surface area contributed by atoms with Crippen LogP contribution in [-0.2, 0) is 0 Å². The molecule has 0 N–H and O–H groups in total. The highest BCUT2D eigenvalue weighted by molar-refractivity contribution is 4.67. The largest absolute Gasteiger partial charge is 0.0654 e. The van der Waals surface area contributed by atoms with Crippen LogP contribution in [0.3, 0.4) is 0 Å². The molecule has 0 nitrogen and oxygen atoms in total. The second kappa shape index (κ2) is 9.07. The molecule has 0 saturated carbocycles. The molecular formula is C16H34. The zero-order valence-corrected chi connectivity index (χ0v) is 12.6. The normalized spacial score (nSPS) is 19.1. The van der Waals surface area contributed by atoms with E-state index in [1.54, 1.807) is 0 Å². The average molecular weight is 226 g/mol. The van der Waals surface area contributed by atoms with Gasteiger partial charge >= 0.3 is 0 Å². The van der Waals surface area contributed by atoms with Crippen molar-refractivity contribution in [1.82, 2.24) is 0 Å². The highest BCUT2D eigenvalue weighted by atomic mass is 14.2. The first-order valence-electron chi connectivity index (χ1n) is 7.51. The maximum atomic E-state index is 2.45. The number of hydrogen-bond donors (Lipinski definition) is 0. The van der Waals surface area contributed by atoms with E-state index in [-0.39, 0.29) is 0 Å². The fourth-order valence-electron chi connectivity index (χ4n) is 2.63. The van der Waals surface area contributed by atoms with Gasteiger partial charge in [0.05, 0.1) is 0 Å². The Bertz CT molecular complexity index is 150. The summed E-state index contributed by atoms with van der Waals surface area (Å²) in [5.41, 5.74) is 0. The van der Waals surface area contributed by atoms with Gasteiger partial charge in [-0.2, -0.15) is 0 Å². The van der Waals surface area contributed by atoms with Gasteiger partial charge in [-0.3, -0.25) is 0 Å². The molecule has 0 aromatic rings. The second-order valence-corrected chi connectivity index (χ2v) is 6.19. The van der Waals surface area contributed by atoms with E-state index in [0.717, 1.165) is 23.7 Å². The first kappa shape index (κ1) is 16.0. The topological polar surface area (TPSA) is 0 Å². The van der Waals surface area contributed by atoms with Crippen molar-refractivity contribution >= 4 is 0 Å². The van der Waals surface area contributed by atoms with Crippen LogP contribution in [0.5, 0.6) is 0 Å². The molecule has 4 unspecified atom stereocenters. The highest BCUT2D eigenvalue weighted by Crippen LogP contribution is 2.27. The van der Waals surface area contributed by atoms with E-state index in [2.05, 4.69) is 41.5 Å². The van der Waals surface area contributed by atoms with E-state index in [1.807, 2.05) is 0 Å². The highest BCUT2D eigenvalue weighted by Gasteiger charge is 2.16. The van der Waals surface area contributed by atoms with Gasteiger partial charge in [-0.1, -0.05) is 67.2 Å². The molecule has 98 valence electrons. The van der Waals surface area contributed by atoms with Crippen LogP contribution in [0, 0.1) is 23.7 Å². The molecule has 0 heteroatoms. The Hall–Kier alpha value is 0. The standard InChI is InChI=1S/C16H34/c1-7-9-10-15(5)16(6)12-14(4)11-13(3)8-2/h13-16H,7-12H2,1-6H3. The number of rotatable bonds is 9. The van der Waals surface area contributed by atoms with Gasteiger partial charge in [0.15, 0.2) is 0 Å². The Morgan fingerprint density at radius 1 is 0.750 bits per heavy atom. The predicted octanol–water partition coefficient (Wildman–Crippen LogP) is 5.91. The Labute approximate surface area is 104 Å². The quantitative estimate of drug-likeness (QED) is 0.458. The second-order valence-electron chi connectivity index (χ2n) is 6.19. The third-order valence-corrected chi connectivity index (χ3v) is 4.26. The van der Waals surface area contributed by atoms with Crippen molar-refractivity contribution in [3.8, 4) is 0 Å². The summed E-state index contributed by atoms with van der Waals surface area (Å²) in [6, 6.07) is 0. The molecule has 0 aromatic carbocycles. The summed E-state index contributed by atoms with van der Waals surface area (Å²) in [7, 11) is 0. The van der Waals surface area contributed by atoms with Gasteiger partial charge in [0.1, 0.15) is 0 Å². The molecule has 0 amide bonds. The summed E-state index contributed by atoms with van der Waals surface area (Å²) in [5.74, 6) is 3.65.